The van der Waals surface area contributed by atoms with Crippen molar-refractivity contribution in [2.45, 2.75) is 19.4 Å². The predicted octanol–water partition coefficient (Wildman–Crippen LogP) is -0.316. The number of carbonyl (C=O) groups is 2. The van der Waals surface area contributed by atoms with Gasteiger partial charge in [-0.2, -0.15) is 0 Å². The fourth-order valence-corrected chi connectivity index (χ4v) is 1.20. The second-order valence-electron chi connectivity index (χ2n) is 2.75. The lowest BCUT2D eigenvalue weighted by Gasteiger charge is -2.10. The van der Waals surface area contributed by atoms with Gasteiger partial charge in [-0.3, -0.25) is 4.79 Å². The van der Waals surface area contributed by atoms with Gasteiger partial charge in [0.15, 0.2) is 0 Å². The largest absolute Gasteiger partial charge is 0.467 e. The summed E-state index contributed by atoms with van der Waals surface area (Å²) >= 11 is 0. The Bertz CT molecular complexity index is 190. The third kappa shape index (κ3) is 1.50. The number of nitrogens with one attached hydrogen (secondary N) is 1. The maximum Gasteiger partial charge on any atom is 0.328 e. The highest BCUT2D eigenvalue weighted by Crippen LogP contribution is 2.16. The number of hydrogen-bond acceptors (Lipinski definition) is 3. The summed E-state index contributed by atoms with van der Waals surface area (Å²) < 4.78 is 4.50. The molecule has 4 heteroatoms. The van der Waals surface area contributed by atoms with Crippen LogP contribution in [0.2, 0.25) is 0 Å². The van der Waals surface area contributed by atoms with Gasteiger partial charge in [-0.1, -0.05) is 6.92 Å². The smallest absolute Gasteiger partial charge is 0.328 e. The van der Waals surface area contributed by atoms with Gasteiger partial charge in [0.25, 0.3) is 0 Å². The number of esters is 1. The van der Waals surface area contributed by atoms with Crippen LogP contribution in [0.1, 0.15) is 13.3 Å². The van der Waals surface area contributed by atoms with Crippen molar-refractivity contribution in [1.82, 2.24) is 5.32 Å². The van der Waals surface area contributed by atoms with Crippen LogP contribution in [0, 0.1) is 5.92 Å². The van der Waals surface area contributed by atoms with Crippen molar-refractivity contribution in [2.75, 3.05) is 7.11 Å². The van der Waals surface area contributed by atoms with E-state index in [2.05, 4.69) is 10.1 Å². The highest BCUT2D eigenvalue weighted by Gasteiger charge is 2.34. The van der Waals surface area contributed by atoms with Crippen LogP contribution in [0.5, 0.6) is 0 Å². The summed E-state index contributed by atoms with van der Waals surface area (Å²) in [6.07, 6.45) is 0.416. The average molecular weight is 157 g/mol. The van der Waals surface area contributed by atoms with Gasteiger partial charge in [0.05, 0.1) is 7.11 Å². The van der Waals surface area contributed by atoms with Crippen molar-refractivity contribution < 1.29 is 14.3 Å². The standard InChI is InChI=1S/C7H11NO3/c1-4-3-5(9)8-6(4)7(10)11-2/h4,6H,3H2,1-2H3,(H,8,9)/t4-,6+/m0/s1. The Morgan fingerprint density at radius 1 is 1.73 bits per heavy atom. The van der Waals surface area contributed by atoms with Gasteiger partial charge >= 0.3 is 5.97 Å². The first-order chi connectivity index (χ1) is 5.15. The monoisotopic (exact) mass is 157 g/mol. The molecule has 11 heavy (non-hydrogen) atoms. The van der Waals surface area contributed by atoms with Crippen LogP contribution >= 0.6 is 0 Å². The normalized spacial score (nSPS) is 29.8. The van der Waals surface area contributed by atoms with Crippen LogP contribution in [0.4, 0.5) is 0 Å². The predicted molar refractivity (Wildman–Crippen MR) is 37.7 cm³/mol. The quantitative estimate of drug-likeness (QED) is 0.531. The van der Waals surface area contributed by atoms with Crippen LogP contribution in [0.3, 0.4) is 0 Å². The van der Waals surface area contributed by atoms with Gasteiger partial charge in [-0.15, -0.1) is 0 Å². The van der Waals surface area contributed by atoms with Crippen LogP contribution in [-0.4, -0.2) is 25.0 Å². The summed E-state index contributed by atoms with van der Waals surface area (Å²) in [5.74, 6) is -0.383. The summed E-state index contributed by atoms with van der Waals surface area (Å²) in [5, 5.41) is 2.54. The van der Waals surface area contributed by atoms with Gasteiger partial charge in [0.2, 0.25) is 5.91 Å². The Kier molecular flexibility index (Phi) is 2.12. The Morgan fingerprint density at radius 3 is 2.73 bits per heavy atom. The molecule has 0 unspecified atom stereocenters. The summed E-state index contributed by atoms with van der Waals surface area (Å²) in [7, 11) is 1.32. The molecule has 1 aliphatic rings. The van der Waals surface area contributed by atoms with Crippen LogP contribution in [0.15, 0.2) is 0 Å². The zero-order chi connectivity index (χ0) is 8.43. The van der Waals surface area contributed by atoms with E-state index in [4.69, 9.17) is 0 Å². The molecule has 0 aromatic carbocycles. The lowest BCUT2D eigenvalue weighted by atomic mass is 10.0. The Balaban J connectivity index is 2.59. The fourth-order valence-electron chi connectivity index (χ4n) is 1.20. The summed E-state index contributed by atoms with van der Waals surface area (Å²) in [5.41, 5.74) is 0. The Hall–Kier alpha value is -1.06. The molecule has 1 heterocycles. The van der Waals surface area contributed by atoms with E-state index in [-0.39, 0.29) is 17.8 Å². The maximum absolute atomic E-state index is 10.9. The minimum Gasteiger partial charge on any atom is -0.467 e. The molecule has 0 radical (unpaired) electrons. The topological polar surface area (TPSA) is 55.4 Å². The lowest BCUT2D eigenvalue weighted by Crippen LogP contribution is -2.37. The molecule has 1 saturated heterocycles. The summed E-state index contributed by atoms with van der Waals surface area (Å²) in [6, 6.07) is -0.438. The second-order valence-corrected chi connectivity index (χ2v) is 2.75. The third-order valence-electron chi connectivity index (χ3n) is 1.85. The molecule has 1 fully saturated rings. The van der Waals surface area contributed by atoms with E-state index in [1.807, 2.05) is 6.92 Å². The zero-order valence-corrected chi connectivity index (χ0v) is 6.59. The molecule has 0 aliphatic carbocycles. The SMILES string of the molecule is COC(=O)[C@@H]1NC(=O)C[C@@H]1C. The molecule has 1 rings (SSSR count). The van der Waals surface area contributed by atoms with Crippen molar-refractivity contribution in [3.05, 3.63) is 0 Å². The number of ether oxygens (including phenoxy) is 1. The van der Waals surface area contributed by atoms with Gasteiger partial charge in [0, 0.05) is 6.42 Å². The van der Waals surface area contributed by atoms with E-state index in [1.165, 1.54) is 7.11 Å². The van der Waals surface area contributed by atoms with Crippen molar-refractivity contribution in [1.29, 1.82) is 0 Å². The van der Waals surface area contributed by atoms with Crippen LogP contribution in [-0.2, 0) is 14.3 Å². The van der Waals surface area contributed by atoms with E-state index >= 15 is 0 Å². The van der Waals surface area contributed by atoms with Crippen molar-refractivity contribution >= 4 is 11.9 Å². The summed E-state index contributed by atoms with van der Waals surface area (Å²) in [4.78, 5) is 21.7. The number of amides is 1. The minimum atomic E-state index is -0.438. The molecule has 0 saturated carbocycles. The van der Waals surface area contributed by atoms with E-state index in [0.29, 0.717) is 6.42 Å². The van der Waals surface area contributed by atoms with Gasteiger partial charge in [-0.25, -0.2) is 4.79 Å². The highest BCUT2D eigenvalue weighted by molar-refractivity contribution is 5.88. The maximum atomic E-state index is 10.9. The zero-order valence-electron chi connectivity index (χ0n) is 6.59. The van der Waals surface area contributed by atoms with Crippen LogP contribution in [0.25, 0.3) is 0 Å². The molecule has 1 N–H and O–H groups in total. The van der Waals surface area contributed by atoms with E-state index in [0.717, 1.165) is 0 Å². The Labute approximate surface area is 64.9 Å². The third-order valence-corrected chi connectivity index (χ3v) is 1.85. The number of rotatable bonds is 1. The van der Waals surface area contributed by atoms with Crippen LogP contribution < -0.4 is 5.32 Å². The average Bonchev–Trinajstić information content (AvgIpc) is 2.28. The first-order valence-corrected chi connectivity index (χ1v) is 3.52. The summed E-state index contributed by atoms with van der Waals surface area (Å²) in [6.45, 7) is 1.85. The fraction of sp³-hybridized carbons (Fsp3) is 0.714. The van der Waals surface area contributed by atoms with Crippen molar-refractivity contribution in [3.63, 3.8) is 0 Å². The molecule has 1 aliphatic heterocycles. The molecule has 0 spiro atoms. The molecular formula is C7H11NO3. The number of carbonyl (C=O) groups excluding carboxylic acids is 2. The van der Waals surface area contributed by atoms with Crippen molar-refractivity contribution in [3.8, 4) is 0 Å². The molecule has 0 aromatic rings. The first-order valence-electron chi connectivity index (χ1n) is 3.52. The van der Waals surface area contributed by atoms with Gasteiger partial charge < -0.3 is 10.1 Å². The van der Waals surface area contributed by atoms with E-state index < -0.39 is 6.04 Å². The molecule has 0 bridgehead atoms. The number of hydrogen-bond donors (Lipinski definition) is 1. The molecule has 62 valence electrons. The van der Waals surface area contributed by atoms with Gasteiger partial charge in [0.1, 0.15) is 6.04 Å². The highest BCUT2D eigenvalue weighted by atomic mass is 16.5. The molecule has 0 aromatic heterocycles. The first kappa shape index (κ1) is 8.04. The van der Waals surface area contributed by atoms with Crippen molar-refractivity contribution in [2.24, 2.45) is 5.92 Å². The second kappa shape index (κ2) is 2.90. The lowest BCUT2D eigenvalue weighted by molar-refractivity contribution is -0.144. The molecule has 2 atom stereocenters. The molecule has 1 amide bonds. The molecule has 4 nitrogen and oxygen atoms in total. The van der Waals surface area contributed by atoms with E-state index in [1.54, 1.807) is 0 Å². The minimum absolute atomic E-state index is 0.0509. The van der Waals surface area contributed by atoms with Gasteiger partial charge in [-0.05, 0) is 5.92 Å². The number of methoxy groups -OCH3 is 1. The Morgan fingerprint density at radius 2 is 2.36 bits per heavy atom. The molecular weight excluding hydrogens is 146 g/mol. The van der Waals surface area contributed by atoms with E-state index in [9.17, 15) is 9.59 Å².